The van der Waals surface area contributed by atoms with Crippen LogP contribution in [-0.2, 0) is 19.4 Å². The number of nitrogens with zero attached hydrogens (tertiary/aromatic N) is 2. The minimum Gasteiger partial charge on any atom is -0.301 e. The van der Waals surface area contributed by atoms with Gasteiger partial charge in [-0.25, -0.2) is 0 Å². The highest BCUT2D eigenvalue weighted by atomic mass is 35.5. The minimum absolute atomic E-state index is 0.935. The van der Waals surface area contributed by atoms with Crippen molar-refractivity contribution in [2.24, 2.45) is 0 Å². The fraction of sp³-hybridized carbons (Fsp3) is 0.240. The van der Waals surface area contributed by atoms with Crippen molar-refractivity contribution in [2.45, 2.75) is 26.3 Å². The zero-order valence-electron chi connectivity index (χ0n) is 17.3. The number of hydrogen-bond acceptors (Lipinski definition) is 3. The molecule has 1 aromatic carbocycles. The lowest BCUT2D eigenvalue weighted by molar-refractivity contribution is 0.317. The number of hydrogen-bond donors (Lipinski definition) is 0. The molecule has 0 saturated heterocycles. The number of likely N-dealkylation sites (N-methyl/N-ethyl adjacent to an activating group) is 1. The van der Waals surface area contributed by atoms with Crippen LogP contribution >= 0.6 is 22.9 Å². The van der Waals surface area contributed by atoms with Gasteiger partial charge in [-0.05, 0) is 43.1 Å². The highest BCUT2D eigenvalue weighted by Crippen LogP contribution is 2.30. The molecule has 0 atom stereocenters. The van der Waals surface area contributed by atoms with E-state index in [1.54, 1.807) is 23.5 Å². The van der Waals surface area contributed by atoms with E-state index in [0.717, 1.165) is 23.7 Å². The lowest BCUT2D eigenvalue weighted by Crippen LogP contribution is -2.24. The summed E-state index contributed by atoms with van der Waals surface area (Å²) in [6.45, 7) is 11.1. The minimum atomic E-state index is 0.935. The highest BCUT2D eigenvalue weighted by molar-refractivity contribution is 7.16. The van der Waals surface area contributed by atoms with Gasteiger partial charge < -0.3 is 4.90 Å². The van der Waals surface area contributed by atoms with Crippen LogP contribution in [0, 0.1) is 0 Å². The summed E-state index contributed by atoms with van der Waals surface area (Å²) in [6.07, 6.45) is 7.27. The third-order valence-electron chi connectivity index (χ3n) is 4.52. The van der Waals surface area contributed by atoms with E-state index < -0.39 is 0 Å². The van der Waals surface area contributed by atoms with Crippen molar-refractivity contribution < 1.29 is 0 Å². The Labute approximate surface area is 184 Å². The fourth-order valence-electron chi connectivity index (χ4n) is 3.01. The van der Waals surface area contributed by atoms with Gasteiger partial charge in [0.05, 0.1) is 4.34 Å². The zero-order chi connectivity index (χ0) is 21.1. The van der Waals surface area contributed by atoms with Crippen molar-refractivity contribution in [3.63, 3.8) is 0 Å². The third-order valence-corrected chi connectivity index (χ3v) is 5.81. The van der Waals surface area contributed by atoms with Crippen molar-refractivity contribution in [1.29, 1.82) is 0 Å². The molecule has 4 rings (SSSR count). The second-order valence-electron chi connectivity index (χ2n) is 6.68. The van der Waals surface area contributed by atoms with E-state index in [4.69, 9.17) is 11.6 Å². The van der Waals surface area contributed by atoms with E-state index in [0.29, 0.717) is 0 Å². The number of benzene rings is 1. The molecule has 3 aromatic rings. The first-order valence-electron chi connectivity index (χ1n) is 9.77. The van der Waals surface area contributed by atoms with Crippen molar-refractivity contribution in [2.75, 3.05) is 13.6 Å². The molecular weight excluding hydrogens is 396 g/mol. The van der Waals surface area contributed by atoms with E-state index >= 15 is 0 Å². The number of allylic oxidation sites excluding steroid dienone is 2. The molecule has 0 amide bonds. The number of aryl methyl sites for hydroxylation is 1. The average Bonchev–Trinajstić information content (AvgIpc) is 3.14. The van der Waals surface area contributed by atoms with Crippen LogP contribution in [0.4, 0.5) is 0 Å². The Kier molecular flexibility index (Phi) is 9.85. The Morgan fingerprint density at radius 3 is 2.52 bits per heavy atom. The molecule has 0 aliphatic carbocycles. The number of thiophene rings is 1. The van der Waals surface area contributed by atoms with Crippen molar-refractivity contribution in [3.05, 3.63) is 101 Å². The van der Waals surface area contributed by atoms with Gasteiger partial charge in [0.2, 0.25) is 0 Å². The van der Waals surface area contributed by atoms with Crippen molar-refractivity contribution in [1.82, 2.24) is 9.88 Å². The zero-order valence-corrected chi connectivity index (χ0v) is 18.8. The summed E-state index contributed by atoms with van der Waals surface area (Å²) < 4.78 is 0.935. The summed E-state index contributed by atoms with van der Waals surface area (Å²) in [7, 11) is 2.15. The van der Waals surface area contributed by atoms with Gasteiger partial charge in [-0.1, -0.05) is 80.2 Å². The molecule has 0 saturated carbocycles. The number of aromatic nitrogens is 1. The lowest BCUT2D eigenvalue weighted by atomic mass is 10.0. The number of rotatable bonds is 3. The largest absolute Gasteiger partial charge is 0.301 e. The van der Waals surface area contributed by atoms with Gasteiger partial charge in [-0.3, -0.25) is 4.98 Å². The van der Waals surface area contributed by atoms with E-state index in [1.807, 2.05) is 18.3 Å². The third kappa shape index (κ3) is 7.28. The molecule has 29 heavy (non-hydrogen) atoms. The second kappa shape index (κ2) is 12.4. The normalized spacial score (nSPS) is 12.5. The van der Waals surface area contributed by atoms with Gasteiger partial charge in [0.1, 0.15) is 0 Å². The lowest BCUT2D eigenvalue weighted by Gasteiger charge is -2.21. The first-order valence-corrected chi connectivity index (χ1v) is 11.0. The second-order valence-corrected chi connectivity index (χ2v) is 8.44. The molecule has 1 aliphatic heterocycles. The van der Waals surface area contributed by atoms with Crippen LogP contribution in [0.5, 0.6) is 0 Å². The maximum Gasteiger partial charge on any atom is 0.0934 e. The van der Waals surface area contributed by atoms with Gasteiger partial charge in [0.25, 0.3) is 0 Å². The molecule has 0 bridgehead atoms. The summed E-state index contributed by atoms with van der Waals surface area (Å²) >= 11 is 7.62. The maximum atomic E-state index is 5.90. The van der Waals surface area contributed by atoms with E-state index in [-0.39, 0.29) is 0 Å². The first-order chi connectivity index (χ1) is 14.1. The van der Waals surface area contributed by atoms with Crippen LogP contribution in [0.2, 0.25) is 4.34 Å². The predicted molar refractivity (Wildman–Crippen MR) is 129 cm³/mol. The number of halogens is 1. The topological polar surface area (TPSA) is 16.1 Å². The molecule has 3 heterocycles. The van der Waals surface area contributed by atoms with E-state index in [1.165, 1.54) is 33.8 Å². The first kappa shape index (κ1) is 23.1. The monoisotopic (exact) mass is 424 g/mol. The van der Waals surface area contributed by atoms with Gasteiger partial charge in [-0.2, -0.15) is 0 Å². The van der Waals surface area contributed by atoms with Crippen LogP contribution < -0.4 is 0 Å². The molecule has 0 radical (unpaired) electrons. The Morgan fingerprint density at radius 2 is 1.86 bits per heavy atom. The highest BCUT2D eigenvalue weighted by Gasteiger charge is 2.15. The van der Waals surface area contributed by atoms with Gasteiger partial charge in [0, 0.05) is 35.4 Å². The Hall–Kier alpha value is -2.20. The molecule has 0 unspecified atom stereocenters. The molecule has 0 N–H and O–H groups in total. The van der Waals surface area contributed by atoms with Crippen LogP contribution in [0.3, 0.4) is 0 Å². The molecular formula is C25H29ClN2S. The fourth-order valence-corrected chi connectivity index (χ4v) is 4.44. The smallest absolute Gasteiger partial charge is 0.0934 e. The molecule has 2 aromatic heterocycles. The molecule has 1 aliphatic rings. The van der Waals surface area contributed by atoms with Crippen LogP contribution in [-0.4, -0.2) is 23.5 Å². The predicted octanol–water partition coefficient (Wildman–Crippen LogP) is 7.06. The molecule has 2 nitrogen and oxygen atoms in total. The van der Waals surface area contributed by atoms with E-state index in [9.17, 15) is 0 Å². The average molecular weight is 425 g/mol. The van der Waals surface area contributed by atoms with Crippen LogP contribution in [0.15, 0.2) is 80.0 Å². The summed E-state index contributed by atoms with van der Waals surface area (Å²) in [5.41, 5.74) is 5.12. The standard InChI is InChI=1S/C13H13N.C8H10ClNS.C4H6/c1-2-13-12(9-6-10-14-13)11-7-4-3-5-8-11;1-10-3-2-6-4-8(9)11-7(6)5-10;1-3-4-2/h3-10H,2H2,1H3;4H,2-3,5H2,1H3;3-4H,1-2H2. The summed E-state index contributed by atoms with van der Waals surface area (Å²) in [5, 5.41) is 0. The molecule has 0 fully saturated rings. The van der Waals surface area contributed by atoms with Gasteiger partial charge in [-0.15, -0.1) is 11.3 Å². The van der Waals surface area contributed by atoms with Crippen LogP contribution in [0.25, 0.3) is 11.1 Å². The molecule has 0 spiro atoms. The quantitative estimate of drug-likeness (QED) is 0.418. The SMILES string of the molecule is C=CC=C.CCc1ncccc1-c1ccccc1.CN1CCc2cc(Cl)sc2C1. The Bertz CT molecular complexity index is 896. The maximum absolute atomic E-state index is 5.90. The molecule has 4 heteroatoms. The Morgan fingerprint density at radius 1 is 1.14 bits per heavy atom. The van der Waals surface area contributed by atoms with Crippen molar-refractivity contribution in [3.8, 4) is 11.1 Å². The van der Waals surface area contributed by atoms with Gasteiger partial charge in [0.15, 0.2) is 0 Å². The van der Waals surface area contributed by atoms with Gasteiger partial charge >= 0.3 is 0 Å². The molecule has 152 valence electrons. The summed E-state index contributed by atoms with van der Waals surface area (Å²) in [4.78, 5) is 8.15. The van der Waals surface area contributed by atoms with E-state index in [2.05, 4.69) is 73.4 Å². The number of fused-ring (bicyclic) bond motifs is 1. The summed E-state index contributed by atoms with van der Waals surface area (Å²) in [5.74, 6) is 0. The van der Waals surface area contributed by atoms with Crippen molar-refractivity contribution >= 4 is 22.9 Å². The Balaban J connectivity index is 0.000000179. The number of pyridine rings is 1. The summed E-state index contributed by atoms with van der Waals surface area (Å²) in [6, 6.07) is 16.6. The van der Waals surface area contributed by atoms with Crippen LogP contribution in [0.1, 0.15) is 23.1 Å².